The zero-order valence-electron chi connectivity index (χ0n) is 13.8. The molecule has 0 radical (unpaired) electrons. The largest absolute Gasteiger partial charge is 0.330 e. The van der Waals surface area contributed by atoms with Gasteiger partial charge in [-0.2, -0.15) is 0 Å². The summed E-state index contributed by atoms with van der Waals surface area (Å²) in [4.78, 5) is 0. The highest BCUT2D eigenvalue weighted by Crippen LogP contribution is 2.15. The van der Waals surface area contributed by atoms with Crippen molar-refractivity contribution in [2.75, 3.05) is 6.54 Å². The van der Waals surface area contributed by atoms with Gasteiger partial charge in [0.2, 0.25) is 0 Å². The molecule has 0 saturated carbocycles. The van der Waals surface area contributed by atoms with Crippen molar-refractivity contribution in [2.24, 2.45) is 11.7 Å². The summed E-state index contributed by atoms with van der Waals surface area (Å²) in [7, 11) is 0. The van der Waals surface area contributed by atoms with Crippen molar-refractivity contribution in [3.05, 3.63) is 0 Å². The Morgan fingerprint density at radius 3 is 1.37 bits per heavy atom. The zero-order chi connectivity index (χ0) is 14.2. The van der Waals surface area contributed by atoms with E-state index in [0.717, 1.165) is 12.5 Å². The van der Waals surface area contributed by atoms with E-state index in [1.54, 1.807) is 0 Å². The summed E-state index contributed by atoms with van der Waals surface area (Å²) in [5.74, 6) is 0.944. The summed E-state index contributed by atoms with van der Waals surface area (Å²) >= 11 is 0. The van der Waals surface area contributed by atoms with E-state index in [2.05, 4.69) is 13.8 Å². The lowest BCUT2D eigenvalue weighted by molar-refractivity contribution is 0.468. The van der Waals surface area contributed by atoms with Crippen LogP contribution in [0.3, 0.4) is 0 Å². The van der Waals surface area contributed by atoms with Gasteiger partial charge in [-0.05, 0) is 18.9 Å². The maximum absolute atomic E-state index is 5.48. The molecule has 0 saturated heterocycles. The molecule has 0 amide bonds. The van der Waals surface area contributed by atoms with Crippen LogP contribution in [0.25, 0.3) is 0 Å². The Morgan fingerprint density at radius 2 is 1.00 bits per heavy atom. The van der Waals surface area contributed by atoms with Crippen molar-refractivity contribution < 1.29 is 0 Å². The van der Waals surface area contributed by atoms with E-state index in [-0.39, 0.29) is 0 Å². The van der Waals surface area contributed by atoms with Gasteiger partial charge in [-0.1, -0.05) is 97.3 Å². The molecule has 0 aliphatic carbocycles. The lowest BCUT2D eigenvalue weighted by Crippen LogP contribution is -1.97. The van der Waals surface area contributed by atoms with Crippen molar-refractivity contribution in [1.29, 1.82) is 0 Å². The molecule has 2 N–H and O–H groups in total. The highest BCUT2D eigenvalue weighted by molar-refractivity contribution is 4.52. The minimum atomic E-state index is 0.872. The second kappa shape index (κ2) is 16.0. The fourth-order valence-corrected chi connectivity index (χ4v) is 2.61. The molecule has 0 fully saturated rings. The van der Waals surface area contributed by atoms with Crippen LogP contribution in [-0.2, 0) is 0 Å². The second-order valence-corrected chi connectivity index (χ2v) is 6.33. The van der Waals surface area contributed by atoms with Crippen LogP contribution < -0.4 is 5.73 Å². The summed E-state index contributed by atoms with van der Waals surface area (Å²) in [5.41, 5.74) is 5.48. The predicted octanol–water partition coefficient (Wildman–Crippen LogP) is 6.06. The van der Waals surface area contributed by atoms with E-state index < -0.39 is 0 Å². The quantitative estimate of drug-likeness (QED) is 0.359. The van der Waals surface area contributed by atoms with Crippen LogP contribution in [0.1, 0.15) is 104 Å². The first-order valence-electron chi connectivity index (χ1n) is 9.01. The maximum Gasteiger partial charge on any atom is -0.00773 e. The van der Waals surface area contributed by atoms with E-state index in [1.807, 2.05) is 0 Å². The number of hydrogen-bond acceptors (Lipinski definition) is 1. The van der Waals surface area contributed by atoms with Crippen molar-refractivity contribution in [3.63, 3.8) is 0 Å². The molecule has 1 heteroatoms. The standard InChI is InChI=1S/C18H39N/c1-3-18(2)16-14-12-10-8-6-4-5-7-9-11-13-15-17-19/h18H,3-17,19H2,1-2H3. The Bertz CT molecular complexity index is 156. The van der Waals surface area contributed by atoms with Crippen molar-refractivity contribution in [2.45, 2.75) is 104 Å². The van der Waals surface area contributed by atoms with Gasteiger partial charge in [-0.15, -0.1) is 0 Å². The summed E-state index contributed by atoms with van der Waals surface area (Å²) in [6.45, 7) is 5.56. The second-order valence-electron chi connectivity index (χ2n) is 6.33. The highest BCUT2D eigenvalue weighted by atomic mass is 14.5. The van der Waals surface area contributed by atoms with Gasteiger partial charge in [0.1, 0.15) is 0 Å². The molecule has 0 heterocycles. The zero-order valence-corrected chi connectivity index (χ0v) is 13.8. The average molecular weight is 270 g/mol. The lowest BCUT2D eigenvalue weighted by Gasteiger charge is -2.07. The molecule has 0 aliphatic heterocycles. The number of hydrogen-bond donors (Lipinski definition) is 1. The number of unbranched alkanes of at least 4 members (excludes halogenated alkanes) is 11. The SMILES string of the molecule is CCC(C)CCCCCCCCCCCCCCN. The first-order valence-corrected chi connectivity index (χ1v) is 9.01. The van der Waals surface area contributed by atoms with Gasteiger partial charge in [0, 0.05) is 0 Å². The monoisotopic (exact) mass is 269 g/mol. The molecule has 1 atom stereocenters. The van der Waals surface area contributed by atoms with Crippen LogP contribution in [0.5, 0.6) is 0 Å². The fraction of sp³-hybridized carbons (Fsp3) is 1.00. The summed E-state index contributed by atoms with van der Waals surface area (Å²) in [6, 6.07) is 0. The molecule has 0 aromatic heterocycles. The summed E-state index contributed by atoms with van der Waals surface area (Å²) in [6.07, 6.45) is 19.8. The molecule has 19 heavy (non-hydrogen) atoms. The predicted molar refractivity (Wildman–Crippen MR) is 88.5 cm³/mol. The van der Waals surface area contributed by atoms with Crippen LogP contribution in [0, 0.1) is 5.92 Å². The van der Waals surface area contributed by atoms with Crippen molar-refractivity contribution >= 4 is 0 Å². The topological polar surface area (TPSA) is 26.0 Å². The van der Waals surface area contributed by atoms with E-state index in [1.165, 1.54) is 89.9 Å². The van der Waals surface area contributed by atoms with Gasteiger partial charge in [0.05, 0.1) is 0 Å². The normalized spacial score (nSPS) is 12.8. The first-order chi connectivity index (χ1) is 9.31. The third-order valence-corrected chi connectivity index (χ3v) is 4.35. The molecule has 0 bridgehead atoms. The smallest absolute Gasteiger partial charge is 0.00773 e. The van der Waals surface area contributed by atoms with Crippen molar-refractivity contribution in [1.82, 2.24) is 0 Å². The minimum Gasteiger partial charge on any atom is -0.330 e. The Hall–Kier alpha value is -0.0400. The third kappa shape index (κ3) is 15.9. The molecule has 0 rings (SSSR count). The molecule has 1 nitrogen and oxygen atoms in total. The molecule has 116 valence electrons. The molecule has 0 spiro atoms. The first kappa shape index (κ1) is 19.0. The van der Waals surface area contributed by atoms with Crippen LogP contribution >= 0.6 is 0 Å². The Balaban J connectivity index is 2.95. The van der Waals surface area contributed by atoms with Gasteiger partial charge < -0.3 is 5.73 Å². The van der Waals surface area contributed by atoms with Crippen LogP contribution in [0.15, 0.2) is 0 Å². The molecule has 0 aromatic carbocycles. The molecule has 0 aromatic rings. The summed E-state index contributed by atoms with van der Waals surface area (Å²) < 4.78 is 0. The van der Waals surface area contributed by atoms with E-state index in [4.69, 9.17) is 5.73 Å². The maximum atomic E-state index is 5.48. The lowest BCUT2D eigenvalue weighted by atomic mass is 9.99. The van der Waals surface area contributed by atoms with Crippen LogP contribution in [-0.4, -0.2) is 6.54 Å². The third-order valence-electron chi connectivity index (χ3n) is 4.35. The molecular weight excluding hydrogens is 230 g/mol. The molecule has 0 aliphatic rings. The van der Waals surface area contributed by atoms with E-state index >= 15 is 0 Å². The minimum absolute atomic E-state index is 0.872. The fourth-order valence-electron chi connectivity index (χ4n) is 2.61. The Morgan fingerprint density at radius 1 is 0.632 bits per heavy atom. The average Bonchev–Trinajstić information content (AvgIpc) is 2.43. The van der Waals surface area contributed by atoms with Crippen LogP contribution in [0.4, 0.5) is 0 Å². The summed E-state index contributed by atoms with van der Waals surface area (Å²) in [5, 5.41) is 0. The molecular formula is C18H39N. The van der Waals surface area contributed by atoms with Crippen LogP contribution in [0.2, 0.25) is 0 Å². The Labute approximate surface area is 122 Å². The van der Waals surface area contributed by atoms with Gasteiger partial charge >= 0.3 is 0 Å². The van der Waals surface area contributed by atoms with E-state index in [0.29, 0.717) is 0 Å². The van der Waals surface area contributed by atoms with E-state index in [9.17, 15) is 0 Å². The van der Waals surface area contributed by atoms with Gasteiger partial charge in [0.25, 0.3) is 0 Å². The van der Waals surface area contributed by atoms with Gasteiger partial charge in [0.15, 0.2) is 0 Å². The number of nitrogens with two attached hydrogens (primary N) is 1. The van der Waals surface area contributed by atoms with Gasteiger partial charge in [-0.25, -0.2) is 0 Å². The highest BCUT2D eigenvalue weighted by Gasteiger charge is 1.98. The van der Waals surface area contributed by atoms with Gasteiger partial charge in [-0.3, -0.25) is 0 Å². The Kier molecular flexibility index (Phi) is 16.0. The molecule has 1 unspecified atom stereocenters. The van der Waals surface area contributed by atoms with Crippen molar-refractivity contribution in [3.8, 4) is 0 Å². The number of rotatable bonds is 15.